The molecule has 0 fully saturated rings. The molecule has 18 heteroatoms. The Labute approximate surface area is 211 Å². The van der Waals surface area contributed by atoms with Crippen molar-refractivity contribution in [3.05, 3.63) is 11.6 Å². The first-order valence-corrected chi connectivity index (χ1v) is 14.1. The number of nitrogens with one attached hydrogen (secondary N) is 1. The van der Waals surface area contributed by atoms with Crippen LogP contribution in [0.2, 0.25) is 0 Å². The van der Waals surface area contributed by atoms with E-state index in [0.29, 0.717) is 43.0 Å². The van der Waals surface area contributed by atoms with Crippen molar-refractivity contribution >= 4 is 49.3 Å². The van der Waals surface area contributed by atoms with Crippen molar-refractivity contribution < 1.29 is 56.4 Å². The van der Waals surface area contributed by atoms with Crippen molar-refractivity contribution in [1.29, 1.82) is 0 Å². The second-order valence-corrected chi connectivity index (χ2v) is 12.6. The molecule has 0 aliphatic carbocycles. The number of likely N-dealkylation sites (N-methyl/N-ethyl adjacent to an activating group) is 1. The molecule has 2 heterocycles. The predicted molar refractivity (Wildman–Crippen MR) is 124 cm³/mol. The van der Waals surface area contributed by atoms with Crippen LogP contribution in [-0.2, 0) is 39.2 Å². The highest BCUT2D eigenvalue weighted by Gasteiger charge is 2.41. The van der Waals surface area contributed by atoms with Crippen LogP contribution in [0, 0.1) is 0 Å². The first-order valence-electron chi connectivity index (χ1n) is 10.3. The molecule has 0 spiro atoms. The fourth-order valence-electron chi connectivity index (χ4n) is 3.20. The van der Waals surface area contributed by atoms with Gasteiger partial charge in [-0.2, -0.15) is 4.31 Å². The summed E-state index contributed by atoms with van der Waals surface area (Å²) >= 11 is 0.708. The SMILES string of the molecule is CCN[C@H]1CN(CCCOC)S(=O)(=O)c2sc(S(N)(=O)=O)cc21.O=C(O)CC(O)(CC(=O)O)C(=O)O. The van der Waals surface area contributed by atoms with Gasteiger partial charge in [0.1, 0.15) is 8.42 Å². The fraction of sp³-hybridized carbons (Fsp3) is 0.611. The highest BCUT2D eigenvalue weighted by molar-refractivity contribution is 7.94. The van der Waals surface area contributed by atoms with Crippen LogP contribution in [0.3, 0.4) is 0 Å². The van der Waals surface area contributed by atoms with Crippen molar-refractivity contribution in [3.63, 3.8) is 0 Å². The molecule has 2 rings (SSSR count). The van der Waals surface area contributed by atoms with E-state index in [2.05, 4.69) is 5.32 Å². The smallest absolute Gasteiger partial charge is 0.336 e. The Bertz CT molecular complexity index is 1150. The van der Waals surface area contributed by atoms with Crippen LogP contribution in [0.5, 0.6) is 0 Å². The average molecular weight is 576 g/mol. The molecule has 0 radical (unpaired) electrons. The number of sulfonamides is 2. The summed E-state index contributed by atoms with van der Waals surface area (Å²) in [6, 6.07) is 1.11. The number of primary sulfonamides is 1. The molecule has 15 nitrogen and oxygen atoms in total. The molecule has 0 saturated carbocycles. The van der Waals surface area contributed by atoms with Gasteiger partial charge in [0.2, 0.25) is 10.0 Å². The molecule has 7 N–H and O–H groups in total. The zero-order valence-corrected chi connectivity index (χ0v) is 21.9. The number of methoxy groups -OCH3 is 1. The monoisotopic (exact) mass is 575 g/mol. The van der Waals surface area contributed by atoms with Crippen LogP contribution in [0.25, 0.3) is 0 Å². The van der Waals surface area contributed by atoms with Crippen molar-refractivity contribution in [2.45, 2.75) is 46.2 Å². The van der Waals surface area contributed by atoms with E-state index in [-0.39, 0.29) is 21.0 Å². The van der Waals surface area contributed by atoms with E-state index >= 15 is 0 Å². The zero-order chi connectivity index (χ0) is 27.9. The zero-order valence-electron chi connectivity index (χ0n) is 19.4. The topological polar surface area (TPSA) is 251 Å². The standard InChI is InChI=1S/C12H21N3O5S3.C6H8O7/c1-3-14-10-8-15(5-4-6-20-2)23(18,19)12-9(10)7-11(21-12)22(13,16)17;7-3(8)1-6(13,5(11)12)2-4(9)10/h7,10,14H,3-6,8H2,1-2H3,(H2,13,16,17);13H,1-2H2,(H,7,8)(H,9,10)(H,11,12)/t10-;/m0./s1. The van der Waals surface area contributed by atoms with Gasteiger partial charge in [0.25, 0.3) is 10.0 Å². The van der Waals surface area contributed by atoms with Crippen molar-refractivity contribution in [3.8, 4) is 0 Å². The van der Waals surface area contributed by atoms with Crippen molar-refractivity contribution in [2.24, 2.45) is 5.14 Å². The number of hydrogen-bond acceptors (Lipinski definition) is 11. The van der Waals surface area contributed by atoms with Crippen LogP contribution in [0.15, 0.2) is 14.5 Å². The molecule has 1 aromatic rings. The number of nitrogens with zero attached hydrogens (tertiary/aromatic N) is 1. The van der Waals surface area contributed by atoms with Crippen LogP contribution in [0.1, 0.15) is 37.8 Å². The van der Waals surface area contributed by atoms with Gasteiger partial charge in [-0.3, -0.25) is 9.59 Å². The number of fused-ring (bicyclic) bond motifs is 1. The summed E-state index contributed by atoms with van der Waals surface area (Å²) in [7, 11) is -6.10. The van der Waals surface area contributed by atoms with Crippen LogP contribution >= 0.6 is 11.3 Å². The Morgan fingerprint density at radius 1 is 1.25 bits per heavy atom. The fourth-order valence-corrected chi connectivity index (χ4v) is 7.51. The number of carboxylic acids is 3. The minimum atomic E-state index is -3.94. The number of nitrogens with two attached hydrogens (primary N) is 1. The van der Waals surface area contributed by atoms with Gasteiger partial charge < -0.3 is 30.5 Å². The largest absolute Gasteiger partial charge is 0.481 e. The van der Waals surface area contributed by atoms with Crippen molar-refractivity contribution in [1.82, 2.24) is 9.62 Å². The lowest BCUT2D eigenvalue weighted by Crippen LogP contribution is -2.43. The second-order valence-electron chi connectivity index (χ2n) is 7.65. The molecule has 206 valence electrons. The first-order chi connectivity index (χ1) is 16.5. The number of carboxylic acid groups (broad SMARTS) is 3. The Morgan fingerprint density at radius 2 is 1.81 bits per heavy atom. The van der Waals surface area contributed by atoms with E-state index in [1.807, 2.05) is 6.92 Å². The number of aliphatic carboxylic acids is 3. The molecule has 0 bridgehead atoms. The van der Waals surface area contributed by atoms with Gasteiger partial charge in [-0.1, -0.05) is 6.92 Å². The predicted octanol–water partition coefficient (Wildman–Crippen LogP) is -1.16. The Hall–Kier alpha value is -2.19. The lowest BCUT2D eigenvalue weighted by molar-refractivity contribution is -0.170. The van der Waals surface area contributed by atoms with E-state index in [9.17, 15) is 31.2 Å². The quantitative estimate of drug-likeness (QED) is 0.161. The summed E-state index contributed by atoms with van der Waals surface area (Å²) in [5.41, 5.74) is -2.26. The van der Waals surface area contributed by atoms with Gasteiger partial charge in [0.05, 0.1) is 12.8 Å². The Balaban J connectivity index is 0.000000426. The summed E-state index contributed by atoms with van der Waals surface area (Å²) in [6.45, 7) is 3.58. The number of hydrogen-bond donors (Lipinski definition) is 6. The number of aliphatic hydroxyl groups is 1. The van der Waals surface area contributed by atoms with Gasteiger partial charge in [-0.25, -0.2) is 26.8 Å². The Kier molecular flexibility index (Phi) is 11.4. The van der Waals surface area contributed by atoms with E-state index in [0.717, 1.165) is 0 Å². The molecule has 1 aromatic heterocycles. The van der Waals surface area contributed by atoms with Gasteiger partial charge in [-0.05, 0) is 19.0 Å². The maximum atomic E-state index is 12.7. The third kappa shape index (κ3) is 8.44. The van der Waals surface area contributed by atoms with Crippen LogP contribution < -0.4 is 10.5 Å². The van der Waals surface area contributed by atoms with Gasteiger partial charge in [-0.15, -0.1) is 11.3 Å². The summed E-state index contributed by atoms with van der Waals surface area (Å²) in [4.78, 5) is 30.5. The minimum Gasteiger partial charge on any atom is -0.481 e. The van der Waals surface area contributed by atoms with Crippen LogP contribution in [-0.4, -0.2) is 98.4 Å². The molecular formula is C18H29N3O12S3. The second kappa shape index (κ2) is 12.9. The summed E-state index contributed by atoms with van der Waals surface area (Å²) in [5, 5.41) is 42.2. The third-order valence-corrected chi connectivity index (χ3v) is 9.77. The Morgan fingerprint density at radius 3 is 2.22 bits per heavy atom. The van der Waals surface area contributed by atoms with Gasteiger partial charge in [0, 0.05) is 38.4 Å². The minimum absolute atomic E-state index is 0.0520. The number of rotatable bonds is 12. The highest BCUT2D eigenvalue weighted by Crippen LogP contribution is 2.39. The normalized spacial score (nSPS) is 17.5. The molecule has 0 unspecified atom stereocenters. The molecule has 0 saturated heterocycles. The summed E-state index contributed by atoms with van der Waals surface area (Å²) in [6.07, 6.45) is -1.72. The van der Waals surface area contributed by atoms with Gasteiger partial charge >= 0.3 is 17.9 Å². The maximum absolute atomic E-state index is 12.7. The molecule has 1 aliphatic heterocycles. The van der Waals surface area contributed by atoms with Crippen LogP contribution in [0.4, 0.5) is 0 Å². The molecule has 1 atom stereocenters. The van der Waals surface area contributed by atoms with E-state index in [4.69, 9.17) is 30.3 Å². The molecular weight excluding hydrogens is 546 g/mol. The van der Waals surface area contributed by atoms with E-state index in [1.165, 1.54) is 10.4 Å². The average Bonchev–Trinajstić information content (AvgIpc) is 3.18. The number of carbonyl (C=O) groups is 3. The third-order valence-electron chi connectivity index (χ3n) is 4.81. The number of ether oxygens (including phenoxy) is 1. The number of thiophene rings is 1. The molecule has 36 heavy (non-hydrogen) atoms. The molecule has 1 aliphatic rings. The maximum Gasteiger partial charge on any atom is 0.336 e. The molecule has 0 aromatic carbocycles. The van der Waals surface area contributed by atoms with Gasteiger partial charge in [0.15, 0.2) is 5.60 Å². The summed E-state index contributed by atoms with van der Waals surface area (Å²) < 4.78 is 54.8. The van der Waals surface area contributed by atoms with Crippen molar-refractivity contribution in [2.75, 3.05) is 33.4 Å². The first kappa shape index (κ1) is 31.8. The summed E-state index contributed by atoms with van der Waals surface area (Å²) in [5.74, 6) is -5.02. The van der Waals surface area contributed by atoms with E-state index < -0.39 is 56.4 Å². The highest BCUT2D eigenvalue weighted by atomic mass is 32.3. The lowest BCUT2D eigenvalue weighted by Gasteiger charge is -2.32. The molecule has 0 amide bonds. The van der Waals surface area contributed by atoms with E-state index in [1.54, 1.807) is 7.11 Å². The lowest BCUT2D eigenvalue weighted by atomic mass is 9.96.